The van der Waals surface area contributed by atoms with E-state index in [1.54, 1.807) is 24.3 Å². The third-order valence-corrected chi connectivity index (χ3v) is 4.18. The van der Waals surface area contributed by atoms with Gasteiger partial charge in [-0.05, 0) is 31.5 Å². The van der Waals surface area contributed by atoms with Gasteiger partial charge in [-0.2, -0.15) is 0 Å². The van der Waals surface area contributed by atoms with E-state index < -0.39 is 4.92 Å². The average molecular weight is 370 g/mol. The molecule has 2 aromatic rings. The van der Waals surface area contributed by atoms with Crippen LogP contribution in [0.25, 0.3) is 0 Å². The second-order valence-electron chi connectivity index (χ2n) is 6.13. The van der Waals surface area contributed by atoms with Crippen molar-refractivity contribution < 1.29 is 19.2 Å². The zero-order valence-electron chi connectivity index (χ0n) is 15.6. The quantitative estimate of drug-likeness (QED) is 0.429. The van der Waals surface area contributed by atoms with Gasteiger partial charge >= 0.3 is 0 Å². The second-order valence-corrected chi connectivity index (χ2v) is 6.13. The first kappa shape index (κ1) is 20.1. The summed E-state index contributed by atoms with van der Waals surface area (Å²) < 4.78 is 5.20. The van der Waals surface area contributed by atoms with Gasteiger partial charge in [0.1, 0.15) is 5.75 Å². The summed E-state index contributed by atoms with van der Waals surface area (Å²) in [6.07, 6.45) is 0.511. The SMILES string of the molecule is CCc1ccc(NC(=O)CCC(=O)c2cc(C)ccc2OC)cc1[N+](=O)[O-]. The van der Waals surface area contributed by atoms with Gasteiger partial charge in [0.05, 0.1) is 17.6 Å². The Hall–Kier alpha value is -3.22. The molecule has 0 spiro atoms. The van der Waals surface area contributed by atoms with Crippen molar-refractivity contribution >= 4 is 23.1 Å². The molecule has 0 saturated carbocycles. The first-order chi connectivity index (χ1) is 12.8. The van der Waals surface area contributed by atoms with E-state index >= 15 is 0 Å². The number of Topliss-reactive ketones (excluding diaryl/α,β-unsaturated/α-hetero) is 1. The Labute approximate surface area is 157 Å². The third kappa shape index (κ3) is 5.13. The zero-order valence-corrected chi connectivity index (χ0v) is 15.6. The Bertz CT molecular complexity index is 877. The standard InChI is InChI=1S/C20H22N2O5/c1-4-14-6-7-15(12-17(14)22(25)26)21-20(24)10-8-18(23)16-11-13(2)5-9-19(16)27-3/h5-7,9,11-12H,4,8,10H2,1-3H3,(H,21,24). The monoisotopic (exact) mass is 370 g/mol. The van der Waals surface area contributed by atoms with Gasteiger partial charge in [-0.3, -0.25) is 19.7 Å². The van der Waals surface area contributed by atoms with E-state index in [4.69, 9.17) is 4.74 Å². The van der Waals surface area contributed by atoms with Gasteiger partial charge in [0.15, 0.2) is 5.78 Å². The number of nitro benzene ring substituents is 1. The van der Waals surface area contributed by atoms with E-state index in [0.29, 0.717) is 29.0 Å². The molecule has 0 saturated heterocycles. The minimum Gasteiger partial charge on any atom is -0.496 e. The van der Waals surface area contributed by atoms with Crippen molar-refractivity contribution in [2.45, 2.75) is 33.1 Å². The second kappa shape index (κ2) is 8.93. The van der Waals surface area contributed by atoms with E-state index in [9.17, 15) is 19.7 Å². The van der Waals surface area contributed by atoms with Crippen LogP contribution in [0.4, 0.5) is 11.4 Å². The van der Waals surface area contributed by atoms with Crippen LogP contribution in [0.1, 0.15) is 41.3 Å². The fourth-order valence-corrected chi connectivity index (χ4v) is 2.74. The molecule has 1 N–H and O–H groups in total. The van der Waals surface area contributed by atoms with Crippen molar-refractivity contribution in [1.29, 1.82) is 0 Å². The van der Waals surface area contributed by atoms with Crippen LogP contribution in [-0.4, -0.2) is 23.7 Å². The molecule has 0 unspecified atom stereocenters. The number of benzene rings is 2. The molecule has 0 radical (unpaired) electrons. The molecule has 7 heteroatoms. The molecule has 2 rings (SSSR count). The number of ketones is 1. The van der Waals surface area contributed by atoms with Crippen LogP contribution in [0.15, 0.2) is 36.4 Å². The highest BCUT2D eigenvalue weighted by atomic mass is 16.6. The van der Waals surface area contributed by atoms with Crippen molar-refractivity contribution in [2.24, 2.45) is 0 Å². The number of hydrogen-bond donors (Lipinski definition) is 1. The Kier molecular flexibility index (Phi) is 6.65. The predicted molar refractivity (Wildman–Crippen MR) is 102 cm³/mol. The summed E-state index contributed by atoms with van der Waals surface area (Å²) in [7, 11) is 1.49. The maximum atomic E-state index is 12.4. The average Bonchev–Trinajstić information content (AvgIpc) is 2.65. The number of ether oxygens (including phenoxy) is 1. The molecule has 27 heavy (non-hydrogen) atoms. The Morgan fingerprint density at radius 1 is 1.15 bits per heavy atom. The molecule has 0 aliphatic rings. The lowest BCUT2D eigenvalue weighted by atomic mass is 10.0. The number of carbonyl (C=O) groups is 2. The Morgan fingerprint density at radius 3 is 2.52 bits per heavy atom. The molecule has 0 aliphatic heterocycles. The van der Waals surface area contributed by atoms with Crippen LogP contribution in [0.3, 0.4) is 0 Å². The largest absolute Gasteiger partial charge is 0.496 e. The van der Waals surface area contributed by atoms with Crippen molar-refractivity contribution in [3.05, 3.63) is 63.2 Å². The normalized spacial score (nSPS) is 10.3. The highest BCUT2D eigenvalue weighted by Crippen LogP contribution is 2.24. The van der Waals surface area contributed by atoms with Gasteiger partial charge < -0.3 is 10.1 Å². The Morgan fingerprint density at radius 2 is 1.89 bits per heavy atom. The first-order valence-corrected chi connectivity index (χ1v) is 8.60. The van der Waals surface area contributed by atoms with Gasteiger partial charge in [0, 0.05) is 30.2 Å². The molecule has 7 nitrogen and oxygen atoms in total. The van der Waals surface area contributed by atoms with Crippen LogP contribution >= 0.6 is 0 Å². The van der Waals surface area contributed by atoms with E-state index in [1.165, 1.54) is 13.2 Å². The van der Waals surface area contributed by atoms with Crippen LogP contribution < -0.4 is 10.1 Å². The first-order valence-electron chi connectivity index (χ1n) is 8.60. The fourth-order valence-electron chi connectivity index (χ4n) is 2.74. The highest BCUT2D eigenvalue weighted by Gasteiger charge is 2.16. The molecule has 1 amide bonds. The van der Waals surface area contributed by atoms with Gasteiger partial charge in [0.2, 0.25) is 5.91 Å². The molecule has 0 heterocycles. The number of nitrogens with one attached hydrogen (secondary N) is 1. The third-order valence-electron chi connectivity index (χ3n) is 4.18. The number of carbonyl (C=O) groups excluding carboxylic acids is 2. The van der Waals surface area contributed by atoms with Crippen molar-refractivity contribution in [2.75, 3.05) is 12.4 Å². The molecule has 0 fully saturated rings. The van der Waals surface area contributed by atoms with Crippen molar-refractivity contribution in [1.82, 2.24) is 0 Å². The minimum atomic E-state index is -0.470. The molecule has 0 aromatic heterocycles. The molecule has 142 valence electrons. The van der Waals surface area contributed by atoms with Gasteiger partial charge in [-0.15, -0.1) is 0 Å². The van der Waals surface area contributed by atoms with Crippen molar-refractivity contribution in [3.8, 4) is 5.75 Å². The number of nitro groups is 1. The van der Waals surface area contributed by atoms with Gasteiger partial charge in [0.25, 0.3) is 5.69 Å². The van der Waals surface area contributed by atoms with E-state index in [0.717, 1.165) is 5.56 Å². The van der Waals surface area contributed by atoms with Crippen LogP contribution in [-0.2, 0) is 11.2 Å². The number of nitrogens with zero attached hydrogens (tertiary/aromatic N) is 1. The summed E-state index contributed by atoms with van der Waals surface area (Å²) in [6, 6.07) is 9.87. The minimum absolute atomic E-state index is 0.0147. The fraction of sp³-hybridized carbons (Fsp3) is 0.300. The van der Waals surface area contributed by atoms with E-state index in [-0.39, 0.29) is 30.2 Å². The number of aryl methyl sites for hydroxylation is 2. The zero-order chi connectivity index (χ0) is 20.0. The lowest BCUT2D eigenvalue weighted by molar-refractivity contribution is -0.385. The lowest BCUT2D eigenvalue weighted by Crippen LogP contribution is -2.14. The molecule has 0 aliphatic carbocycles. The Balaban J connectivity index is 2.02. The summed E-state index contributed by atoms with van der Waals surface area (Å²) in [6.45, 7) is 3.70. The van der Waals surface area contributed by atoms with E-state index in [2.05, 4.69) is 5.32 Å². The van der Waals surface area contributed by atoms with Gasteiger partial charge in [-0.1, -0.05) is 24.6 Å². The summed E-state index contributed by atoms with van der Waals surface area (Å²) in [4.78, 5) is 35.2. The number of methoxy groups -OCH3 is 1. The molecule has 0 bridgehead atoms. The lowest BCUT2D eigenvalue weighted by Gasteiger charge is -2.09. The molecular formula is C20H22N2O5. The molecular weight excluding hydrogens is 348 g/mol. The maximum Gasteiger partial charge on any atom is 0.274 e. The predicted octanol–water partition coefficient (Wildman–Crippen LogP) is 4.08. The summed E-state index contributed by atoms with van der Waals surface area (Å²) in [5.41, 5.74) is 2.26. The van der Waals surface area contributed by atoms with Crippen LogP contribution in [0, 0.1) is 17.0 Å². The maximum absolute atomic E-state index is 12.4. The topological polar surface area (TPSA) is 98.5 Å². The summed E-state index contributed by atoms with van der Waals surface area (Å²) in [5, 5.41) is 13.7. The smallest absolute Gasteiger partial charge is 0.274 e. The van der Waals surface area contributed by atoms with Crippen LogP contribution in [0.5, 0.6) is 5.75 Å². The molecule has 2 aromatic carbocycles. The highest BCUT2D eigenvalue weighted by molar-refractivity contribution is 6.02. The van der Waals surface area contributed by atoms with Crippen molar-refractivity contribution in [3.63, 3.8) is 0 Å². The number of amides is 1. The van der Waals surface area contributed by atoms with Crippen LogP contribution in [0.2, 0.25) is 0 Å². The number of rotatable bonds is 8. The van der Waals surface area contributed by atoms with Gasteiger partial charge in [-0.25, -0.2) is 0 Å². The summed E-state index contributed by atoms with van der Waals surface area (Å²) in [5.74, 6) is -0.108. The van der Waals surface area contributed by atoms with E-state index in [1.807, 2.05) is 19.9 Å². The molecule has 0 atom stereocenters. The summed E-state index contributed by atoms with van der Waals surface area (Å²) >= 11 is 0. The number of hydrogen-bond acceptors (Lipinski definition) is 5. The number of anilines is 1.